The lowest BCUT2D eigenvalue weighted by atomic mass is 9.84. The van der Waals surface area contributed by atoms with E-state index in [0.717, 1.165) is 17.8 Å². The van der Waals surface area contributed by atoms with Crippen LogP contribution >= 0.6 is 24.0 Å². The van der Waals surface area contributed by atoms with E-state index in [-0.39, 0.29) is 0 Å². The van der Waals surface area contributed by atoms with Gasteiger partial charge in [-0.05, 0) is 25.2 Å². The Labute approximate surface area is 112 Å². The average molecular weight is 267 g/mol. The van der Waals surface area contributed by atoms with Crippen molar-refractivity contribution in [2.75, 3.05) is 18.1 Å². The van der Waals surface area contributed by atoms with Crippen molar-refractivity contribution in [3.8, 4) is 0 Å². The molecule has 1 aromatic rings. The highest BCUT2D eigenvalue weighted by molar-refractivity contribution is 8.00. The minimum Gasteiger partial charge on any atom is -0.389 e. The Kier molecular flexibility index (Phi) is 3.89. The van der Waals surface area contributed by atoms with Crippen LogP contribution in [0.15, 0.2) is 18.5 Å². The highest BCUT2D eigenvalue weighted by Gasteiger charge is 2.35. The van der Waals surface area contributed by atoms with Crippen molar-refractivity contribution in [3.63, 3.8) is 0 Å². The van der Waals surface area contributed by atoms with Crippen molar-refractivity contribution >= 4 is 34.7 Å². The molecule has 1 aliphatic carbocycles. The van der Waals surface area contributed by atoms with Gasteiger partial charge in [0.2, 0.25) is 0 Å². The molecule has 5 heteroatoms. The van der Waals surface area contributed by atoms with Crippen LogP contribution in [0.25, 0.3) is 0 Å². The second-order valence-electron chi connectivity index (χ2n) is 4.38. The van der Waals surface area contributed by atoms with Crippen molar-refractivity contribution in [2.45, 2.75) is 24.0 Å². The van der Waals surface area contributed by atoms with Crippen LogP contribution in [0.1, 0.15) is 24.8 Å². The molecule has 0 radical (unpaired) electrons. The van der Waals surface area contributed by atoms with Gasteiger partial charge in [-0.2, -0.15) is 11.8 Å². The predicted molar refractivity (Wildman–Crippen MR) is 78.7 cm³/mol. The first kappa shape index (κ1) is 12.6. The van der Waals surface area contributed by atoms with Crippen molar-refractivity contribution in [2.24, 2.45) is 5.73 Å². The van der Waals surface area contributed by atoms with Gasteiger partial charge >= 0.3 is 0 Å². The minimum atomic E-state index is 0.392. The first-order valence-corrected chi connectivity index (χ1v) is 7.33. The summed E-state index contributed by atoms with van der Waals surface area (Å²) in [6, 6.07) is 1.86. The molecule has 0 aromatic carbocycles. The number of anilines is 1. The van der Waals surface area contributed by atoms with Crippen molar-refractivity contribution in [3.05, 3.63) is 24.0 Å². The van der Waals surface area contributed by atoms with E-state index in [1.54, 1.807) is 12.4 Å². The zero-order valence-electron chi connectivity index (χ0n) is 9.90. The number of nitrogens with one attached hydrogen (secondary N) is 1. The number of nitrogens with zero attached hydrogens (tertiary/aromatic N) is 1. The summed E-state index contributed by atoms with van der Waals surface area (Å²) in [5.74, 6) is 0. The van der Waals surface area contributed by atoms with Crippen LogP contribution in [0.3, 0.4) is 0 Å². The number of thiocarbonyl (C=S) groups is 1. The number of pyridine rings is 1. The summed E-state index contributed by atoms with van der Waals surface area (Å²) in [6.07, 6.45) is 9.58. The van der Waals surface area contributed by atoms with Crippen LogP contribution in [0, 0.1) is 0 Å². The molecule has 3 N–H and O–H groups in total. The van der Waals surface area contributed by atoms with Crippen LogP contribution in [0.4, 0.5) is 5.69 Å². The van der Waals surface area contributed by atoms with Crippen LogP contribution in [-0.2, 0) is 0 Å². The van der Waals surface area contributed by atoms with Crippen LogP contribution in [-0.4, -0.2) is 27.5 Å². The number of hydrogen-bond donors (Lipinski definition) is 2. The molecule has 3 nitrogen and oxygen atoms in total. The topological polar surface area (TPSA) is 50.9 Å². The number of hydrogen-bond acceptors (Lipinski definition) is 4. The first-order valence-electron chi connectivity index (χ1n) is 5.70. The summed E-state index contributed by atoms with van der Waals surface area (Å²) in [6.45, 7) is 0.954. The van der Waals surface area contributed by atoms with Crippen molar-refractivity contribution in [1.82, 2.24) is 4.98 Å². The molecule has 2 rings (SSSR count). The normalized spacial score (nSPS) is 17.2. The highest BCUT2D eigenvalue weighted by Crippen LogP contribution is 2.42. The van der Waals surface area contributed by atoms with E-state index in [1.807, 2.05) is 17.8 Å². The Morgan fingerprint density at radius 2 is 2.41 bits per heavy atom. The van der Waals surface area contributed by atoms with E-state index in [0.29, 0.717) is 9.74 Å². The van der Waals surface area contributed by atoms with E-state index in [2.05, 4.69) is 16.6 Å². The maximum Gasteiger partial charge on any atom is 0.106 e. The van der Waals surface area contributed by atoms with Crippen LogP contribution < -0.4 is 11.1 Å². The van der Waals surface area contributed by atoms with Gasteiger partial charge < -0.3 is 11.1 Å². The van der Waals surface area contributed by atoms with Gasteiger partial charge in [-0.1, -0.05) is 18.6 Å². The monoisotopic (exact) mass is 267 g/mol. The fraction of sp³-hybridized carbons (Fsp3) is 0.500. The lowest BCUT2D eigenvalue weighted by Gasteiger charge is -2.40. The van der Waals surface area contributed by atoms with Gasteiger partial charge in [-0.3, -0.25) is 4.98 Å². The molecular formula is C12H17N3S2. The van der Waals surface area contributed by atoms with E-state index >= 15 is 0 Å². The second kappa shape index (κ2) is 5.23. The van der Waals surface area contributed by atoms with Gasteiger partial charge in [0.1, 0.15) is 4.99 Å². The second-order valence-corrected chi connectivity index (χ2v) is 6.09. The molecule has 1 fully saturated rings. The van der Waals surface area contributed by atoms with Gasteiger partial charge in [-0.15, -0.1) is 0 Å². The SMILES string of the molecule is CSC1(CNc2cnccc2C(N)=S)CCC1. The maximum atomic E-state index is 5.69. The number of rotatable bonds is 5. The summed E-state index contributed by atoms with van der Waals surface area (Å²) < 4.78 is 0.392. The molecule has 0 unspecified atom stereocenters. The molecule has 1 saturated carbocycles. The Bertz CT molecular complexity index is 410. The smallest absolute Gasteiger partial charge is 0.106 e. The quantitative estimate of drug-likeness (QED) is 0.802. The molecular weight excluding hydrogens is 250 g/mol. The Balaban J connectivity index is 2.06. The number of aromatic nitrogens is 1. The van der Waals surface area contributed by atoms with E-state index in [4.69, 9.17) is 18.0 Å². The third-order valence-electron chi connectivity index (χ3n) is 3.39. The van der Waals surface area contributed by atoms with E-state index in [1.165, 1.54) is 19.3 Å². The van der Waals surface area contributed by atoms with E-state index < -0.39 is 0 Å². The molecule has 0 amide bonds. The molecule has 0 aliphatic heterocycles. The van der Waals surface area contributed by atoms with Gasteiger partial charge in [0, 0.05) is 23.1 Å². The molecule has 0 bridgehead atoms. The van der Waals surface area contributed by atoms with Crippen molar-refractivity contribution < 1.29 is 0 Å². The molecule has 0 saturated heterocycles. The van der Waals surface area contributed by atoms with E-state index in [9.17, 15) is 0 Å². The zero-order valence-corrected chi connectivity index (χ0v) is 11.5. The summed E-state index contributed by atoms with van der Waals surface area (Å²) in [4.78, 5) is 4.53. The molecule has 92 valence electrons. The highest BCUT2D eigenvalue weighted by atomic mass is 32.2. The van der Waals surface area contributed by atoms with Crippen molar-refractivity contribution in [1.29, 1.82) is 0 Å². The third-order valence-corrected chi connectivity index (χ3v) is 5.02. The Hall–Kier alpha value is -0.810. The summed E-state index contributed by atoms with van der Waals surface area (Å²) in [7, 11) is 0. The molecule has 1 heterocycles. The Morgan fingerprint density at radius 3 is 2.94 bits per heavy atom. The van der Waals surface area contributed by atoms with Crippen LogP contribution in [0.5, 0.6) is 0 Å². The largest absolute Gasteiger partial charge is 0.389 e. The zero-order chi connectivity index (χ0) is 12.3. The third kappa shape index (κ3) is 2.72. The first-order chi connectivity index (χ1) is 8.17. The summed E-state index contributed by atoms with van der Waals surface area (Å²) in [5.41, 5.74) is 7.52. The number of thioether (sulfide) groups is 1. The Morgan fingerprint density at radius 1 is 1.65 bits per heavy atom. The standard InChI is InChI=1S/C12H17N3S2/c1-17-12(4-2-5-12)8-15-10-7-14-6-3-9(10)11(13)16/h3,6-7,15H,2,4-5,8H2,1H3,(H2,13,16). The lowest BCUT2D eigenvalue weighted by molar-refractivity contribution is 0.380. The predicted octanol–water partition coefficient (Wildman–Crippen LogP) is 2.41. The molecule has 0 atom stereocenters. The molecule has 1 aliphatic rings. The van der Waals surface area contributed by atoms with Crippen LogP contribution in [0.2, 0.25) is 0 Å². The average Bonchev–Trinajstić information content (AvgIpc) is 2.28. The fourth-order valence-electron chi connectivity index (χ4n) is 2.03. The summed E-state index contributed by atoms with van der Waals surface area (Å²) in [5, 5.41) is 3.44. The minimum absolute atomic E-state index is 0.392. The summed E-state index contributed by atoms with van der Waals surface area (Å²) >= 11 is 6.98. The van der Waals surface area contributed by atoms with Gasteiger partial charge in [0.05, 0.1) is 11.9 Å². The van der Waals surface area contributed by atoms with Gasteiger partial charge in [0.15, 0.2) is 0 Å². The molecule has 17 heavy (non-hydrogen) atoms. The molecule has 1 aromatic heterocycles. The fourth-order valence-corrected chi connectivity index (χ4v) is 3.12. The molecule has 0 spiro atoms. The van der Waals surface area contributed by atoms with Gasteiger partial charge in [-0.25, -0.2) is 0 Å². The number of nitrogens with two attached hydrogens (primary N) is 1. The lowest BCUT2D eigenvalue weighted by Crippen LogP contribution is -2.40. The maximum absolute atomic E-state index is 5.69. The van der Waals surface area contributed by atoms with Gasteiger partial charge in [0.25, 0.3) is 0 Å².